The molecule has 156 valence electrons. The number of benzene rings is 2. The smallest absolute Gasteiger partial charge is 0.263 e. The van der Waals surface area contributed by atoms with Gasteiger partial charge in [-0.3, -0.25) is 4.79 Å². The van der Waals surface area contributed by atoms with Crippen molar-refractivity contribution >= 4 is 11.6 Å². The van der Waals surface area contributed by atoms with E-state index >= 15 is 0 Å². The highest BCUT2D eigenvalue weighted by atomic mass is 16.5. The molecule has 1 aliphatic carbocycles. The average molecular weight is 405 g/mol. The van der Waals surface area contributed by atoms with Gasteiger partial charge < -0.3 is 20.1 Å². The molecule has 0 fully saturated rings. The van der Waals surface area contributed by atoms with Crippen LogP contribution >= 0.6 is 0 Å². The fourth-order valence-electron chi connectivity index (χ4n) is 3.60. The van der Waals surface area contributed by atoms with Crippen LogP contribution in [0.1, 0.15) is 42.5 Å². The molecule has 0 saturated carbocycles. The van der Waals surface area contributed by atoms with Crippen molar-refractivity contribution in [3.05, 3.63) is 64.9 Å². The van der Waals surface area contributed by atoms with E-state index in [0.29, 0.717) is 17.2 Å². The van der Waals surface area contributed by atoms with Crippen LogP contribution in [-0.4, -0.2) is 20.1 Å². The molecule has 0 heterocycles. The minimum atomic E-state index is -0.428. The fourth-order valence-corrected chi connectivity index (χ4v) is 3.60. The van der Waals surface area contributed by atoms with Gasteiger partial charge in [0.15, 0.2) is 0 Å². The molecule has 1 atom stereocenters. The highest BCUT2D eigenvalue weighted by molar-refractivity contribution is 5.97. The number of methoxy groups -OCH3 is 2. The van der Waals surface area contributed by atoms with Crippen LogP contribution in [0.5, 0.6) is 11.5 Å². The number of fused-ring (bicyclic) bond motifs is 1. The summed E-state index contributed by atoms with van der Waals surface area (Å²) in [5.41, 5.74) is 4.42. The summed E-state index contributed by atoms with van der Waals surface area (Å²) in [6.07, 6.45) is 6.04. The van der Waals surface area contributed by atoms with Crippen molar-refractivity contribution in [2.45, 2.75) is 38.6 Å². The van der Waals surface area contributed by atoms with E-state index in [1.807, 2.05) is 13.0 Å². The van der Waals surface area contributed by atoms with E-state index in [4.69, 9.17) is 9.47 Å². The maximum atomic E-state index is 12.6. The highest BCUT2D eigenvalue weighted by Crippen LogP contribution is 2.29. The Morgan fingerprint density at radius 2 is 1.87 bits per heavy atom. The molecule has 6 nitrogen and oxygen atoms in total. The summed E-state index contributed by atoms with van der Waals surface area (Å²) in [5.74, 6) is 0.770. The van der Waals surface area contributed by atoms with Crippen LogP contribution in [0.15, 0.2) is 48.2 Å². The van der Waals surface area contributed by atoms with Crippen molar-refractivity contribution in [1.29, 1.82) is 5.26 Å². The summed E-state index contributed by atoms with van der Waals surface area (Å²) in [7, 11) is 3.12. The first-order chi connectivity index (χ1) is 14.5. The van der Waals surface area contributed by atoms with Gasteiger partial charge in [0.1, 0.15) is 23.1 Å². The van der Waals surface area contributed by atoms with Gasteiger partial charge >= 0.3 is 0 Å². The summed E-state index contributed by atoms with van der Waals surface area (Å²) < 4.78 is 10.5. The van der Waals surface area contributed by atoms with Crippen molar-refractivity contribution in [2.24, 2.45) is 0 Å². The Hall–Kier alpha value is -3.46. The summed E-state index contributed by atoms with van der Waals surface area (Å²) in [5, 5.41) is 15.3. The first-order valence-corrected chi connectivity index (χ1v) is 10.1. The monoisotopic (exact) mass is 405 g/mol. The molecule has 6 heteroatoms. The Morgan fingerprint density at radius 3 is 2.57 bits per heavy atom. The van der Waals surface area contributed by atoms with Gasteiger partial charge in [-0.05, 0) is 61.4 Å². The van der Waals surface area contributed by atoms with E-state index in [2.05, 4.69) is 28.8 Å². The number of anilines is 1. The molecule has 1 unspecified atom stereocenters. The summed E-state index contributed by atoms with van der Waals surface area (Å²) >= 11 is 0. The van der Waals surface area contributed by atoms with Crippen molar-refractivity contribution in [3.8, 4) is 17.6 Å². The second-order valence-corrected chi connectivity index (χ2v) is 7.31. The maximum absolute atomic E-state index is 12.6. The third-order valence-corrected chi connectivity index (χ3v) is 5.37. The van der Waals surface area contributed by atoms with Gasteiger partial charge in [0.05, 0.1) is 25.9 Å². The Balaban J connectivity index is 1.69. The second kappa shape index (κ2) is 9.84. The van der Waals surface area contributed by atoms with Gasteiger partial charge in [-0.15, -0.1) is 0 Å². The molecule has 0 aliphatic heterocycles. The van der Waals surface area contributed by atoms with Crippen LogP contribution in [0.2, 0.25) is 0 Å². The minimum absolute atomic E-state index is 0.0160. The number of carbonyl (C=O) groups is 1. The molecule has 1 amide bonds. The number of ether oxygens (including phenoxy) is 2. The van der Waals surface area contributed by atoms with Gasteiger partial charge in [0.25, 0.3) is 5.91 Å². The van der Waals surface area contributed by atoms with Crippen LogP contribution in [0.4, 0.5) is 5.69 Å². The zero-order chi connectivity index (χ0) is 21.5. The fraction of sp³-hybridized carbons (Fsp3) is 0.333. The molecule has 2 N–H and O–H groups in total. The molecular weight excluding hydrogens is 378 g/mol. The van der Waals surface area contributed by atoms with Crippen LogP contribution in [0.25, 0.3) is 0 Å². The third kappa shape index (κ3) is 4.93. The largest absolute Gasteiger partial charge is 0.497 e. The van der Waals surface area contributed by atoms with E-state index in [9.17, 15) is 10.1 Å². The standard InChI is InChI=1S/C24H27N3O3/c1-16(18-9-8-17-6-4-5-7-19(17)12-18)27-24(28)20(14-25)15-26-22-11-10-21(29-2)13-23(22)30-3/h8-13,15-16,26H,4-7H2,1-3H3,(H,27,28)/b20-15-. The van der Waals surface area contributed by atoms with E-state index in [1.54, 1.807) is 32.4 Å². The first kappa shape index (κ1) is 21.3. The molecule has 30 heavy (non-hydrogen) atoms. The Labute approximate surface area is 177 Å². The number of aryl methyl sites for hydroxylation is 2. The van der Waals surface area contributed by atoms with E-state index in [0.717, 1.165) is 18.4 Å². The zero-order valence-electron chi connectivity index (χ0n) is 17.6. The van der Waals surface area contributed by atoms with Crippen LogP contribution < -0.4 is 20.1 Å². The van der Waals surface area contributed by atoms with Gasteiger partial charge in [-0.2, -0.15) is 5.26 Å². The lowest BCUT2D eigenvalue weighted by Crippen LogP contribution is -2.28. The van der Waals surface area contributed by atoms with Gasteiger partial charge in [-0.1, -0.05) is 18.2 Å². The lowest BCUT2D eigenvalue weighted by atomic mass is 9.89. The number of carbonyl (C=O) groups excluding carboxylic acids is 1. The Bertz CT molecular complexity index is 992. The molecular formula is C24H27N3O3. The second-order valence-electron chi connectivity index (χ2n) is 7.31. The van der Waals surface area contributed by atoms with Crippen LogP contribution in [0.3, 0.4) is 0 Å². The van der Waals surface area contributed by atoms with Gasteiger partial charge in [0.2, 0.25) is 0 Å². The maximum Gasteiger partial charge on any atom is 0.263 e. The van der Waals surface area contributed by atoms with E-state index in [-0.39, 0.29) is 11.6 Å². The van der Waals surface area contributed by atoms with Crippen molar-refractivity contribution < 1.29 is 14.3 Å². The topological polar surface area (TPSA) is 83.4 Å². The number of nitriles is 1. The molecule has 2 aromatic carbocycles. The molecule has 0 bridgehead atoms. The Morgan fingerprint density at radius 1 is 1.10 bits per heavy atom. The number of nitrogens with zero attached hydrogens (tertiary/aromatic N) is 1. The predicted octanol–water partition coefficient (Wildman–Crippen LogP) is 4.28. The van der Waals surface area contributed by atoms with Crippen LogP contribution in [-0.2, 0) is 17.6 Å². The molecule has 0 radical (unpaired) electrons. The lowest BCUT2D eigenvalue weighted by Gasteiger charge is -2.20. The highest BCUT2D eigenvalue weighted by Gasteiger charge is 2.16. The molecule has 2 aromatic rings. The van der Waals surface area contributed by atoms with E-state index < -0.39 is 5.91 Å². The minimum Gasteiger partial charge on any atom is -0.497 e. The SMILES string of the molecule is COc1ccc(N/C=C(/C#N)C(=O)NC(C)c2ccc3c(c2)CCCC3)c(OC)c1. The zero-order valence-corrected chi connectivity index (χ0v) is 17.6. The number of rotatable bonds is 7. The number of nitrogens with one attached hydrogen (secondary N) is 2. The van der Waals surface area contributed by atoms with Gasteiger partial charge in [-0.25, -0.2) is 0 Å². The molecule has 0 spiro atoms. The molecule has 1 aliphatic rings. The average Bonchev–Trinajstić information content (AvgIpc) is 2.79. The third-order valence-electron chi connectivity index (χ3n) is 5.37. The summed E-state index contributed by atoms with van der Waals surface area (Å²) in [4.78, 5) is 12.6. The first-order valence-electron chi connectivity index (χ1n) is 10.1. The lowest BCUT2D eigenvalue weighted by molar-refractivity contribution is -0.117. The van der Waals surface area contributed by atoms with Gasteiger partial charge in [0, 0.05) is 12.3 Å². The number of hydrogen-bond donors (Lipinski definition) is 2. The predicted molar refractivity (Wildman–Crippen MR) is 117 cm³/mol. The van der Waals surface area contributed by atoms with E-state index in [1.165, 1.54) is 30.2 Å². The molecule has 0 aromatic heterocycles. The molecule has 0 saturated heterocycles. The Kier molecular flexibility index (Phi) is 6.97. The molecule has 3 rings (SSSR count). The number of hydrogen-bond acceptors (Lipinski definition) is 5. The summed E-state index contributed by atoms with van der Waals surface area (Å²) in [6, 6.07) is 13.4. The normalized spacial score (nSPS) is 14.1. The summed E-state index contributed by atoms with van der Waals surface area (Å²) in [6.45, 7) is 1.93. The number of amides is 1. The van der Waals surface area contributed by atoms with Crippen LogP contribution in [0, 0.1) is 11.3 Å². The van der Waals surface area contributed by atoms with Crippen molar-refractivity contribution in [2.75, 3.05) is 19.5 Å². The quantitative estimate of drug-likeness (QED) is 0.531. The van der Waals surface area contributed by atoms with Crippen molar-refractivity contribution in [1.82, 2.24) is 5.32 Å². The van der Waals surface area contributed by atoms with Crippen molar-refractivity contribution in [3.63, 3.8) is 0 Å².